The zero-order valence-corrected chi connectivity index (χ0v) is 11.6. The van der Waals surface area contributed by atoms with Crippen LogP contribution in [-0.2, 0) is 0 Å². The fourth-order valence-electron chi connectivity index (χ4n) is 2.74. The van der Waals surface area contributed by atoms with Crippen molar-refractivity contribution in [3.05, 3.63) is 24.3 Å². The molecular weight excluding hydrogens is 241 g/mol. The SMILES string of the molecule is CC1CC(C)N(CCOc2cccc(B(O)O)c2)C1. The van der Waals surface area contributed by atoms with Crippen LogP contribution in [0.3, 0.4) is 0 Å². The molecule has 1 fully saturated rings. The maximum atomic E-state index is 9.10. The molecule has 2 N–H and O–H groups in total. The van der Waals surface area contributed by atoms with Crippen LogP contribution < -0.4 is 10.2 Å². The van der Waals surface area contributed by atoms with Gasteiger partial charge in [0.05, 0.1) is 0 Å². The van der Waals surface area contributed by atoms with Gasteiger partial charge in [-0.1, -0.05) is 19.1 Å². The van der Waals surface area contributed by atoms with Crippen LogP contribution in [0.25, 0.3) is 0 Å². The van der Waals surface area contributed by atoms with E-state index in [1.54, 1.807) is 18.2 Å². The monoisotopic (exact) mass is 263 g/mol. The minimum atomic E-state index is -1.44. The van der Waals surface area contributed by atoms with Crippen molar-refractivity contribution in [1.29, 1.82) is 0 Å². The Morgan fingerprint density at radius 1 is 1.37 bits per heavy atom. The van der Waals surface area contributed by atoms with Crippen molar-refractivity contribution in [2.45, 2.75) is 26.3 Å². The topological polar surface area (TPSA) is 52.9 Å². The summed E-state index contributed by atoms with van der Waals surface area (Å²) in [4.78, 5) is 2.44. The van der Waals surface area contributed by atoms with E-state index in [0.29, 0.717) is 23.9 Å². The summed E-state index contributed by atoms with van der Waals surface area (Å²) in [5, 5.41) is 18.2. The summed E-state index contributed by atoms with van der Waals surface area (Å²) in [5.74, 6) is 1.45. The van der Waals surface area contributed by atoms with Gasteiger partial charge >= 0.3 is 7.12 Å². The van der Waals surface area contributed by atoms with Gasteiger partial charge in [-0.25, -0.2) is 0 Å². The maximum Gasteiger partial charge on any atom is 0.488 e. The number of hydrogen-bond donors (Lipinski definition) is 2. The molecule has 0 amide bonds. The van der Waals surface area contributed by atoms with Crippen molar-refractivity contribution >= 4 is 12.6 Å². The Bertz CT molecular complexity index is 413. The zero-order chi connectivity index (χ0) is 13.8. The predicted molar refractivity (Wildman–Crippen MR) is 76.6 cm³/mol. The lowest BCUT2D eigenvalue weighted by atomic mass is 9.80. The molecule has 0 radical (unpaired) electrons. The second kappa shape index (κ2) is 6.41. The van der Waals surface area contributed by atoms with Crippen LogP contribution in [-0.4, -0.2) is 47.8 Å². The van der Waals surface area contributed by atoms with Gasteiger partial charge < -0.3 is 14.8 Å². The highest BCUT2D eigenvalue weighted by Crippen LogP contribution is 2.21. The lowest BCUT2D eigenvalue weighted by Gasteiger charge is -2.21. The normalized spacial score (nSPS) is 23.6. The molecule has 4 nitrogen and oxygen atoms in total. The molecule has 0 aliphatic carbocycles. The summed E-state index contributed by atoms with van der Waals surface area (Å²) < 4.78 is 5.68. The van der Waals surface area contributed by atoms with E-state index < -0.39 is 7.12 Å². The molecule has 2 unspecified atom stereocenters. The highest BCUT2D eigenvalue weighted by molar-refractivity contribution is 6.58. The van der Waals surface area contributed by atoms with Gasteiger partial charge in [0.2, 0.25) is 0 Å². The molecule has 1 aliphatic rings. The summed E-state index contributed by atoms with van der Waals surface area (Å²) in [6.07, 6.45) is 1.26. The number of nitrogens with zero attached hydrogens (tertiary/aromatic N) is 1. The van der Waals surface area contributed by atoms with E-state index >= 15 is 0 Å². The summed E-state index contributed by atoms with van der Waals surface area (Å²) in [7, 11) is -1.44. The second-order valence-corrected chi connectivity index (χ2v) is 5.48. The quantitative estimate of drug-likeness (QED) is 0.758. The average Bonchev–Trinajstić information content (AvgIpc) is 2.68. The molecule has 0 bridgehead atoms. The number of benzene rings is 1. The van der Waals surface area contributed by atoms with E-state index in [0.717, 1.165) is 19.0 Å². The first kappa shape index (κ1) is 14.4. The lowest BCUT2D eigenvalue weighted by molar-refractivity contribution is 0.202. The molecule has 1 saturated heterocycles. The number of rotatable bonds is 5. The molecule has 0 aromatic heterocycles. The second-order valence-electron chi connectivity index (χ2n) is 5.48. The maximum absolute atomic E-state index is 9.10. The molecule has 2 rings (SSSR count). The van der Waals surface area contributed by atoms with Gasteiger partial charge in [-0.2, -0.15) is 0 Å². The minimum absolute atomic E-state index is 0.459. The largest absolute Gasteiger partial charge is 0.492 e. The van der Waals surface area contributed by atoms with Crippen LogP contribution in [0.1, 0.15) is 20.3 Å². The van der Waals surface area contributed by atoms with Gasteiger partial charge in [-0.3, -0.25) is 4.90 Å². The molecule has 2 atom stereocenters. The molecular formula is C14H22BNO3. The van der Waals surface area contributed by atoms with E-state index in [1.807, 2.05) is 6.07 Å². The Morgan fingerprint density at radius 2 is 2.16 bits per heavy atom. The van der Waals surface area contributed by atoms with Crippen molar-refractivity contribution in [3.8, 4) is 5.75 Å². The van der Waals surface area contributed by atoms with Gasteiger partial charge in [0, 0.05) is 19.1 Å². The first-order chi connectivity index (χ1) is 9.06. The van der Waals surface area contributed by atoms with E-state index in [9.17, 15) is 0 Å². The molecule has 1 aromatic rings. The molecule has 5 heteroatoms. The number of hydrogen-bond acceptors (Lipinski definition) is 4. The van der Waals surface area contributed by atoms with Crippen LogP contribution in [0.4, 0.5) is 0 Å². The molecule has 0 spiro atoms. The molecule has 1 heterocycles. The van der Waals surface area contributed by atoms with Crippen molar-refractivity contribution < 1.29 is 14.8 Å². The first-order valence-corrected chi connectivity index (χ1v) is 6.89. The summed E-state index contributed by atoms with van der Waals surface area (Å²) >= 11 is 0. The van der Waals surface area contributed by atoms with E-state index in [1.165, 1.54) is 6.42 Å². The first-order valence-electron chi connectivity index (χ1n) is 6.89. The predicted octanol–water partition coefficient (Wildman–Crippen LogP) is 0.475. The van der Waals surface area contributed by atoms with Crippen LogP contribution in [0, 0.1) is 5.92 Å². The van der Waals surface area contributed by atoms with E-state index in [4.69, 9.17) is 14.8 Å². The Hall–Kier alpha value is -1.04. The lowest BCUT2D eigenvalue weighted by Crippen LogP contribution is -2.32. The Morgan fingerprint density at radius 3 is 2.79 bits per heavy atom. The van der Waals surface area contributed by atoms with Gasteiger partial charge in [0.1, 0.15) is 12.4 Å². The van der Waals surface area contributed by atoms with Crippen LogP contribution in [0.15, 0.2) is 24.3 Å². The van der Waals surface area contributed by atoms with Crippen molar-refractivity contribution in [2.24, 2.45) is 5.92 Å². The molecule has 0 saturated carbocycles. The van der Waals surface area contributed by atoms with Crippen molar-refractivity contribution in [3.63, 3.8) is 0 Å². The molecule has 1 aliphatic heterocycles. The fraction of sp³-hybridized carbons (Fsp3) is 0.571. The summed E-state index contributed by atoms with van der Waals surface area (Å²) in [6.45, 7) is 7.22. The number of ether oxygens (including phenoxy) is 1. The van der Waals surface area contributed by atoms with E-state index in [2.05, 4.69) is 18.7 Å². The molecule has 1 aromatic carbocycles. The standard InChI is InChI=1S/C14H22BNO3/c1-11-8-12(2)16(10-11)6-7-19-14-5-3-4-13(9-14)15(17)18/h3-5,9,11-12,17-18H,6-8,10H2,1-2H3. The Labute approximate surface area is 115 Å². The van der Waals surface area contributed by atoms with Crippen LogP contribution in [0.5, 0.6) is 5.75 Å². The van der Waals surface area contributed by atoms with Crippen molar-refractivity contribution in [1.82, 2.24) is 4.90 Å². The van der Waals surface area contributed by atoms with Crippen LogP contribution in [0.2, 0.25) is 0 Å². The highest BCUT2D eigenvalue weighted by atomic mass is 16.5. The number of likely N-dealkylation sites (tertiary alicyclic amines) is 1. The Balaban J connectivity index is 1.81. The average molecular weight is 263 g/mol. The summed E-state index contributed by atoms with van der Waals surface area (Å²) in [5.41, 5.74) is 0.459. The van der Waals surface area contributed by atoms with E-state index in [-0.39, 0.29) is 0 Å². The fourth-order valence-corrected chi connectivity index (χ4v) is 2.74. The third-order valence-electron chi connectivity index (χ3n) is 3.72. The molecule has 104 valence electrons. The van der Waals surface area contributed by atoms with Crippen LogP contribution >= 0.6 is 0 Å². The zero-order valence-electron chi connectivity index (χ0n) is 11.6. The highest BCUT2D eigenvalue weighted by Gasteiger charge is 2.25. The molecule has 19 heavy (non-hydrogen) atoms. The smallest absolute Gasteiger partial charge is 0.488 e. The van der Waals surface area contributed by atoms with Crippen molar-refractivity contribution in [2.75, 3.05) is 19.7 Å². The minimum Gasteiger partial charge on any atom is -0.492 e. The third kappa shape index (κ3) is 3.96. The third-order valence-corrected chi connectivity index (χ3v) is 3.72. The van der Waals surface area contributed by atoms with Gasteiger partial charge in [0.15, 0.2) is 0 Å². The van der Waals surface area contributed by atoms with Gasteiger partial charge in [0.25, 0.3) is 0 Å². The Kier molecular flexibility index (Phi) is 4.85. The summed E-state index contributed by atoms with van der Waals surface area (Å²) in [6, 6.07) is 7.57. The van der Waals surface area contributed by atoms with Gasteiger partial charge in [-0.05, 0) is 36.9 Å². The van der Waals surface area contributed by atoms with Gasteiger partial charge in [-0.15, -0.1) is 0 Å².